The van der Waals surface area contributed by atoms with Crippen molar-refractivity contribution in [3.63, 3.8) is 0 Å². The molecule has 64 valence electrons. The van der Waals surface area contributed by atoms with Gasteiger partial charge >= 0.3 is 0 Å². The molecule has 0 saturated carbocycles. The first kappa shape index (κ1) is 8.98. The zero-order valence-electron chi connectivity index (χ0n) is 7.47. The third-order valence-corrected chi connectivity index (χ3v) is 1.82. The predicted molar refractivity (Wildman–Crippen MR) is 50.5 cm³/mol. The van der Waals surface area contributed by atoms with Crippen LogP contribution in [0.2, 0.25) is 0 Å². The van der Waals surface area contributed by atoms with Crippen LogP contribution in [0, 0.1) is 5.82 Å². The Balaban J connectivity index is 3.03. The average molecular weight is 164 g/mol. The van der Waals surface area contributed by atoms with Crippen LogP contribution in [0.1, 0.15) is 25.0 Å². The van der Waals surface area contributed by atoms with Gasteiger partial charge in [-0.1, -0.05) is 31.2 Å². The summed E-state index contributed by atoms with van der Waals surface area (Å²) in [5.41, 5.74) is 1.70. The van der Waals surface area contributed by atoms with E-state index in [1.54, 1.807) is 12.1 Å². The zero-order chi connectivity index (χ0) is 8.97. The quantitative estimate of drug-likeness (QED) is 0.628. The smallest absolute Gasteiger partial charge is 0.130 e. The van der Waals surface area contributed by atoms with Crippen LogP contribution in [0.3, 0.4) is 0 Å². The Morgan fingerprint density at radius 2 is 2.17 bits per heavy atom. The van der Waals surface area contributed by atoms with E-state index < -0.39 is 0 Å². The summed E-state index contributed by atoms with van der Waals surface area (Å²) in [6.45, 7) is 3.90. The number of hydrogen-bond donors (Lipinski definition) is 0. The van der Waals surface area contributed by atoms with E-state index in [-0.39, 0.29) is 5.82 Å². The largest absolute Gasteiger partial charge is 0.206 e. The Bertz CT molecular complexity index is 287. The summed E-state index contributed by atoms with van der Waals surface area (Å²) in [5.74, 6) is -0.132. The molecule has 0 radical (unpaired) electrons. The van der Waals surface area contributed by atoms with Gasteiger partial charge in [-0.15, -0.1) is 0 Å². The van der Waals surface area contributed by atoms with E-state index >= 15 is 0 Å². The summed E-state index contributed by atoms with van der Waals surface area (Å²) in [5, 5.41) is 0. The van der Waals surface area contributed by atoms with Gasteiger partial charge in [0.2, 0.25) is 0 Å². The highest BCUT2D eigenvalue weighted by Gasteiger charge is 1.98. The molecule has 1 aromatic rings. The Hall–Kier alpha value is -1.11. The van der Waals surface area contributed by atoms with Crippen LogP contribution in [0.25, 0.3) is 6.08 Å². The number of aryl methyl sites for hydroxylation is 1. The normalized spacial score (nSPS) is 10.9. The van der Waals surface area contributed by atoms with Gasteiger partial charge in [0.1, 0.15) is 5.82 Å². The molecule has 12 heavy (non-hydrogen) atoms. The van der Waals surface area contributed by atoms with Crippen molar-refractivity contribution in [2.24, 2.45) is 0 Å². The van der Waals surface area contributed by atoms with E-state index in [0.29, 0.717) is 5.56 Å². The Morgan fingerprint density at radius 3 is 2.67 bits per heavy atom. The van der Waals surface area contributed by atoms with Crippen LogP contribution in [0.15, 0.2) is 24.3 Å². The Morgan fingerprint density at radius 1 is 1.42 bits per heavy atom. The van der Waals surface area contributed by atoms with Crippen LogP contribution < -0.4 is 0 Å². The molecule has 0 aliphatic carbocycles. The minimum atomic E-state index is -0.132. The third kappa shape index (κ3) is 1.94. The van der Waals surface area contributed by atoms with Crippen LogP contribution >= 0.6 is 0 Å². The van der Waals surface area contributed by atoms with Crippen molar-refractivity contribution in [1.29, 1.82) is 0 Å². The van der Waals surface area contributed by atoms with Gasteiger partial charge in [-0.2, -0.15) is 0 Å². The summed E-state index contributed by atoms with van der Waals surface area (Å²) in [6.07, 6.45) is 4.49. The second kappa shape index (κ2) is 4.05. The lowest BCUT2D eigenvalue weighted by Gasteiger charge is -1.99. The number of allylic oxidation sites excluding steroid dienone is 1. The van der Waals surface area contributed by atoms with E-state index in [9.17, 15) is 4.39 Å². The molecular formula is C11H13F. The molecule has 0 heterocycles. The minimum Gasteiger partial charge on any atom is -0.206 e. The first-order valence-electron chi connectivity index (χ1n) is 4.19. The molecule has 0 fully saturated rings. The van der Waals surface area contributed by atoms with Gasteiger partial charge in [-0.05, 0) is 25.0 Å². The molecule has 0 aliphatic rings. The Labute approximate surface area is 72.7 Å². The number of rotatable bonds is 2. The zero-order valence-corrected chi connectivity index (χ0v) is 7.47. The van der Waals surface area contributed by atoms with Crippen molar-refractivity contribution < 1.29 is 4.39 Å². The van der Waals surface area contributed by atoms with E-state index in [0.717, 1.165) is 12.0 Å². The lowest BCUT2D eigenvalue weighted by atomic mass is 10.1. The average Bonchev–Trinajstić information content (AvgIpc) is 2.09. The fourth-order valence-corrected chi connectivity index (χ4v) is 1.11. The molecule has 1 heteroatoms. The summed E-state index contributed by atoms with van der Waals surface area (Å²) >= 11 is 0. The van der Waals surface area contributed by atoms with Crippen molar-refractivity contribution in [1.82, 2.24) is 0 Å². The van der Waals surface area contributed by atoms with Gasteiger partial charge in [0.15, 0.2) is 0 Å². The highest BCUT2D eigenvalue weighted by Crippen LogP contribution is 2.12. The third-order valence-electron chi connectivity index (χ3n) is 1.82. The molecule has 0 bridgehead atoms. The number of hydrogen-bond acceptors (Lipinski definition) is 0. The monoisotopic (exact) mass is 164 g/mol. The second-order valence-electron chi connectivity index (χ2n) is 2.71. The maximum Gasteiger partial charge on any atom is 0.130 e. The molecular weight excluding hydrogens is 151 g/mol. The summed E-state index contributed by atoms with van der Waals surface area (Å²) in [7, 11) is 0. The first-order chi connectivity index (χ1) is 5.77. The lowest BCUT2D eigenvalue weighted by Crippen LogP contribution is -1.85. The highest BCUT2D eigenvalue weighted by atomic mass is 19.1. The molecule has 0 N–H and O–H groups in total. The van der Waals surface area contributed by atoms with E-state index in [1.165, 1.54) is 0 Å². The molecule has 1 aromatic carbocycles. The number of halogens is 1. The van der Waals surface area contributed by atoms with E-state index in [4.69, 9.17) is 0 Å². The molecule has 0 spiro atoms. The molecule has 0 saturated heterocycles. The Kier molecular flexibility index (Phi) is 3.03. The number of benzene rings is 1. The molecule has 0 atom stereocenters. The molecule has 0 unspecified atom stereocenters. The van der Waals surface area contributed by atoms with Crippen LogP contribution in [0.4, 0.5) is 4.39 Å². The fourth-order valence-electron chi connectivity index (χ4n) is 1.11. The van der Waals surface area contributed by atoms with Gasteiger partial charge in [0.05, 0.1) is 0 Å². The summed E-state index contributed by atoms with van der Waals surface area (Å²) in [4.78, 5) is 0. The molecule has 0 amide bonds. The van der Waals surface area contributed by atoms with Gasteiger partial charge < -0.3 is 0 Å². The van der Waals surface area contributed by atoms with Crippen molar-refractivity contribution in [3.8, 4) is 0 Å². The highest BCUT2D eigenvalue weighted by molar-refractivity contribution is 5.50. The van der Waals surface area contributed by atoms with E-state index in [2.05, 4.69) is 0 Å². The maximum atomic E-state index is 13.2. The predicted octanol–water partition coefficient (Wildman–Crippen LogP) is 3.42. The first-order valence-corrected chi connectivity index (χ1v) is 4.19. The van der Waals surface area contributed by atoms with Gasteiger partial charge in [-0.3, -0.25) is 0 Å². The SMILES string of the molecule is CC=Cc1ccc(CC)cc1F. The summed E-state index contributed by atoms with van der Waals surface area (Å²) in [6, 6.07) is 5.36. The van der Waals surface area contributed by atoms with Crippen LogP contribution in [-0.2, 0) is 6.42 Å². The van der Waals surface area contributed by atoms with Crippen molar-refractivity contribution >= 4 is 6.08 Å². The van der Waals surface area contributed by atoms with Gasteiger partial charge in [-0.25, -0.2) is 4.39 Å². The molecule has 0 nitrogen and oxygen atoms in total. The topological polar surface area (TPSA) is 0 Å². The van der Waals surface area contributed by atoms with Crippen molar-refractivity contribution in [2.45, 2.75) is 20.3 Å². The maximum absolute atomic E-state index is 13.2. The standard InChI is InChI=1S/C11H13F/c1-3-5-10-7-6-9(4-2)8-11(10)12/h3,5-8H,4H2,1-2H3. The lowest BCUT2D eigenvalue weighted by molar-refractivity contribution is 0.623. The molecule has 0 aromatic heterocycles. The van der Waals surface area contributed by atoms with E-state index in [1.807, 2.05) is 32.1 Å². The van der Waals surface area contributed by atoms with Crippen molar-refractivity contribution in [2.75, 3.05) is 0 Å². The minimum absolute atomic E-state index is 0.132. The fraction of sp³-hybridized carbons (Fsp3) is 0.273. The van der Waals surface area contributed by atoms with Crippen molar-refractivity contribution in [3.05, 3.63) is 41.2 Å². The van der Waals surface area contributed by atoms with Crippen LogP contribution in [0.5, 0.6) is 0 Å². The second-order valence-corrected chi connectivity index (χ2v) is 2.71. The summed E-state index contributed by atoms with van der Waals surface area (Å²) < 4.78 is 13.2. The van der Waals surface area contributed by atoms with Gasteiger partial charge in [0, 0.05) is 5.56 Å². The molecule has 1 rings (SSSR count). The van der Waals surface area contributed by atoms with Gasteiger partial charge in [0.25, 0.3) is 0 Å². The van der Waals surface area contributed by atoms with Crippen LogP contribution in [-0.4, -0.2) is 0 Å². The molecule has 0 aliphatic heterocycles.